The summed E-state index contributed by atoms with van der Waals surface area (Å²) in [5.74, 6) is 0. The van der Waals surface area contributed by atoms with Crippen molar-refractivity contribution in [3.8, 4) is 0 Å². The number of benzene rings is 2. The van der Waals surface area contributed by atoms with E-state index in [0.29, 0.717) is 0 Å². The maximum atomic E-state index is 2.36. The third-order valence-electron chi connectivity index (χ3n) is 5.11. The molecule has 1 aliphatic rings. The molecule has 0 atom stereocenters. The molecule has 28 heavy (non-hydrogen) atoms. The third kappa shape index (κ3) is 3.81. The van der Waals surface area contributed by atoms with Gasteiger partial charge in [-0.1, -0.05) is 42.5 Å². The van der Waals surface area contributed by atoms with Gasteiger partial charge in [0.05, 0.1) is 0 Å². The molecule has 0 fully saturated rings. The molecule has 2 heterocycles. The van der Waals surface area contributed by atoms with E-state index in [9.17, 15) is 0 Å². The Bertz CT molecular complexity index is 1060. The lowest BCUT2D eigenvalue weighted by Gasteiger charge is -2.29. The van der Waals surface area contributed by atoms with Crippen molar-refractivity contribution in [2.45, 2.75) is 20.4 Å². The summed E-state index contributed by atoms with van der Waals surface area (Å²) in [6.45, 7) is 6.29. The number of para-hydroxylation sites is 2. The van der Waals surface area contributed by atoms with E-state index >= 15 is 0 Å². The van der Waals surface area contributed by atoms with Gasteiger partial charge in [-0.05, 0) is 49.8 Å². The fourth-order valence-electron chi connectivity index (χ4n) is 3.80. The second kappa shape index (κ2) is 9.03. The molecule has 1 aliphatic heterocycles. The van der Waals surface area contributed by atoms with Crippen LogP contribution in [-0.2, 0) is 6.54 Å². The number of nitrogens with zero attached hydrogens (tertiary/aromatic N) is 2. The smallest absolute Gasteiger partial charge is 0.212 e. The van der Waals surface area contributed by atoms with Crippen LogP contribution in [0, 0.1) is 0 Å². The topological polar surface area (TPSA) is 7.12 Å². The molecule has 0 bridgehead atoms. The molecule has 2 nitrogen and oxygen atoms in total. The van der Waals surface area contributed by atoms with Gasteiger partial charge in [0.25, 0.3) is 0 Å². The average molecular weight is 434 g/mol. The van der Waals surface area contributed by atoms with E-state index in [1.165, 1.54) is 33.5 Å². The van der Waals surface area contributed by atoms with Gasteiger partial charge in [-0.25, -0.2) is 0 Å². The van der Waals surface area contributed by atoms with Crippen molar-refractivity contribution in [3.05, 3.63) is 95.8 Å². The molecule has 3 aromatic rings. The monoisotopic (exact) mass is 433 g/mol. The summed E-state index contributed by atoms with van der Waals surface area (Å²) >= 11 is 0. The fraction of sp³-hybridized carbons (Fsp3) is 0.160. The SMILES string of the molecule is Br.CCN1/C(=C/C=C/c2ccc3ccccc3[n+]2CC)C=Cc2ccccc21. The van der Waals surface area contributed by atoms with E-state index in [1.54, 1.807) is 0 Å². The molecule has 0 unspecified atom stereocenters. The summed E-state index contributed by atoms with van der Waals surface area (Å²) < 4.78 is 2.36. The predicted molar refractivity (Wildman–Crippen MR) is 126 cm³/mol. The Morgan fingerprint density at radius 2 is 1.68 bits per heavy atom. The maximum Gasteiger partial charge on any atom is 0.212 e. The van der Waals surface area contributed by atoms with Gasteiger partial charge in [-0.2, -0.15) is 4.57 Å². The third-order valence-corrected chi connectivity index (χ3v) is 5.11. The minimum absolute atomic E-state index is 0. The van der Waals surface area contributed by atoms with Gasteiger partial charge in [0.1, 0.15) is 6.54 Å². The van der Waals surface area contributed by atoms with Gasteiger partial charge in [-0.15, -0.1) is 17.0 Å². The van der Waals surface area contributed by atoms with E-state index in [1.807, 2.05) is 0 Å². The Labute approximate surface area is 177 Å². The van der Waals surface area contributed by atoms with Crippen molar-refractivity contribution >= 4 is 45.7 Å². The van der Waals surface area contributed by atoms with Gasteiger partial charge >= 0.3 is 0 Å². The molecular weight excluding hydrogens is 408 g/mol. The first-order chi connectivity index (χ1) is 13.3. The van der Waals surface area contributed by atoms with Gasteiger partial charge in [-0.3, -0.25) is 0 Å². The van der Waals surface area contributed by atoms with E-state index in [4.69, 9.17) is 0 Å². The Morgan fingerprint density at radius 1 is 0.893 bits per heavy atom. The number of likely N-dealkylation sites (N-methyl/N-ethyl adjacent to an activating group) is 1. The summed E-state index contributed by atoms with van der Waals surface area (Å²) in [5.41, 5.74) is 6.26. The molecule has 0 spiro atoms. The molecule has 1 aromatic heterocycles. The van der Waals surface area contributed by atoms with E-state index in [2.05, 4.69) is 114 Å². The van der Waals surface area contributed by atoms with Crippen LogP contribution in [0.1, 0.15) is 25.1 Å². The zero-order valence-corrected chi connectivity index (χ0v) is 18.1. The number of aromatic nitrogens is 1. The van der Waals surface area contributed by atoms with Crippen LogP contribution in [0.5, 0.6) is 0 Å². The fourth-order valence-corrected chi connectivity index (χ4v) is 3.80. The van der Waals surface area contributed by atoms with Gasteiger partial charge in [0, 0.05) is 41.5 Å². The quantitative estimate of drug-likeness (QED) is 0.445. The van der Waals surface area contributed by atoms with Gasteiger partial charge in [0.15, 0.2) is 0 Å². The molecule has 2 aromatic carbocycles. The molecule has 3 heteroatoms. The number of pyridine rings is 1. The maximum absolute atomic E-state index is 2.36. The molecule has 0 aliphatic carbocycles. The first-order valence-corrected chi connectivity index (χ1v) is 9.66. The highest BCUT2D eigenvalue weighted by molar-refractivity contribution is 8.93. The molecule has 0 saturated carbocycles. The zero-order valence-electron chi connectivity index (χ0n) is 16.4. The summed E-state index contributed by atoms with van der Waals surface area (Å²) in [5, 5.41) is 1.28. The van der Waals surface area contributed by atoms with Crippen LogP contribution >= 0.6 is 17.0 Å². The number of halogens is 1. The minimum atomic E-state index is 0. The number of hydrogen-bond acceptors (Lipinski definition) is 1. The number of allylic oxidation sites excluding steroid dienone is 3. The van der Waals surface area contributed by atoms with Crippen LogP contribution in [-0.4, -0.2) is 6.54 Å². The Hall–Kier alpha value is -2.65. The lowest BCUT2D eigenvalue weighted by atomic mass is 10.1. The highest BCUT2D eigenvalue weighted by Crippen LogP contribution is 2.30. The number of rotatable bonds is 4. The summed E-state index contributed by atoms with van der Waals surface area (Å²) in [7, 11) is 0. The number of hydrogen-bond donors (Lipinski definition) is 0. The molecular formula is C25H26BrN2+. The Balaban J connectivity index is 0.00000225. The zero-order chi connectivity index (χ0) is 18.6. The molecule has 142 valence electrons. The largest absolute Gasteiger partial charge is 0.341 e. The van der Waals surface area contributed by atoms with Crippen LogP contribution in [0.3, 0.4) is 0 Å². The number of fused-ring (bicyclic) bond motifs is 2. The van der Waals surface area contributed by atoms with E-state index in [-0.39, 0.29) is 17.0 Å². The molecule has 0 amide bonds. The van der Waals surface area contributed by atoms with Crippen LogP contribution < -0.4 is 9.47 Å². The second-order valence-electron chi connectivity index (χ2n) is 6.65. The summed E-state index contributed by atoms with van der Waals surface area (Å²) in [6.07, 6.45) is 11.0. The summed E-state index contributed by atoms with van der Waals surface area (Å²) in [6, 6.07) is 21.5. The first kappa shape index (κ1) is 20.1. The van der Waals surface area contributed by atoms with Crippen molar-refractivity contribution in [1.29, 1.82) is 0 Å². The van der Waals surface area contributed by atoms with Crippen LogP contribution in [0.25, 0.3) is 23.1 Å². The van der Waals surface area contributed by atoms with Crippen LogP contribution in [0.15, 0.2) is 84.6 Å². The highest BCUT2D eigenvalue weighted by Gasteiger charge is 2.15. The predicted octanol–water partition coefficient (Wildman–Crippen LogP) is 6.18. The van der Waals surface area contributed by atoms with E-state index < -0.39 is 0 Å². The molecule has 0 radical (unpaired) electrons. The Kier molecular flexibility index (Phi) is 6.48. The van der Waals surface area contributed by atoms with Gasteiger partial charge < -0.3 is 4.90 Å². The lowest BCUT2D eigenvalue weighted by molar-refractivity contribution is -0.669. The molecule has 4 rings (SSSR count). The average Bonchev–Trinajstić information content (AvgIpc) is 2.73. The Morgan fingerprint density at radius 3 is 2.50 bits per heavy atom. The van der Waals surface area contributed by atoms with Crippen LogP contribution in [0.4, 0.5) is 5.69 Å². The second-order valence-corrected chi connectivity index (χ2v) is 6.65. The first-order valence-electron chi connectivity index (χ1n) is 9.66. The van der Waals surface area contributed by atoms with Crippen molar-refractivity contribution in [2.24, 2.45) is 0 Å². The standard InChI is InChI=1S/C25H25N2.BrH/c1-3-26-22(18-16-20-10-5-7-14-24(20)26)12-9-13-23-19-17-21-11-6-8-15-25(21)27(23)4-2;/h5-19H,3-4H2,1-2H3;1H/q+1;. The highest BCUT2D eigenvalue weighted by atomic mass is 79.9. The molecule has 0 saturated heterocycles. The normalized spacial score (nSPS) is 14.5. The molecule has 0 N–H and O–H groups in total. The van der Waals surface area contributed by atoms with Gasteiger partial charge in [0.2, 0.25) is 11.2 Å². The van der Waals surface area contributed by atoms with Crippen molar-refractivity contribution in [1.82, 2.24) is 0 Å². The van der Waals surface area contributed by atoms with Crippen molar-refractivity contribution in [3.63, 3.8) is 0 Å². The number of aryl methyl sites for hydroxylation is 1. The lowest BCUT2D eigenvalue weighted by Crippen LogP contribution is -2.36. The van der Waals surface area contributed by atoms with Crippen molar-refractivity contribution < 1.29 is 4.57 Å². The van der Waals surface area contributed by atoms with Crippen molar-refractivity contribution in [2.75, 3.05) is 11.4 Å². The van der Waals surface area contributed by atoms with E-state index in [0.717, 1.165) is 13.1 Å². The summed E-state index contributed by atoms with van der Waals surface area (Å²) in [4.78, 5) is 2.36. The van der Waals surface area contributed by atoms with Crippen LogP contribution in [0.2, 0.25) is 0 Å². The minimum Gasteiger partial charge on any atom is -0.341 e. The number of anilines is 1.